The Morgan fingerprint density at radius 1 is 1.09 bits per heavy atom. The van der Waals surface area contributed by atoms with Crippen LogP contribution in [0.1, 0.15) is 22.9 Å². The SMILES string of the molecule is COc1ccc(C2OCCn3c(-c4cccc(C)c4)c4c(=O)n(C)c(=O)n(C)c4c32)cc1O. The van der Waals surface area contributed by atoms with E-state index in [0.29, 0.717) is 35.4 Å². The second kappa shape index (κ2) is 7.67. The van der Waals surface area contributed by atoms with E-state index in [2.05, 4.69) is 4.57 Å². The van der Waals surface area contributed by atoms with E-state index in [0.717, 1.165) is 27.1 Å². The maximum atomic E-state index is 13.4. The first-order valence-corrected chi connectivity index (χ1v) is 10.7. The summed E-state index contributed by atoms with van der Waals surface area (Å²) in [6, 6.07) is 13.1. The smallest absolute Gasteiger partial charge is 0.331 e. The van der Waals surface area contributed by atoms with Crippen LogP contribution in [-0.4, -0.2) is 32.5 Å². The van der Waals surface area contributed by atoms with Gasteiger partial charge in [-0.25, -0.2) is 4.79 Å². The summed E-state index contributed by atoms with van der Waals surface area (Å²) in [5, 5.41) is 10.9. The molecule has 0 aliphatic carbocycles. The van der Waals surface area contributed by atoms with Crippen molar-refractivity contribution in [3.05, 3.63) is 80.1 Å². The second-order valence-electron chi connectivity index (χ2n) is 8.37. The molecule has 0 spiro atoms. The summed E-state index contributed by atoms with van der Waals surface area (Å²) in [4.78, 5) is 26.3. The molecule has 8 nitrogen and oxygen atoms in total. The van der Waals surface area contributed by atoms with Crippen LogP contribution in [0.25, 0.3) is 22.2 Å². The van der Waals surface area contributed by atoms with Crippen molar-refractivity contribution < 1.29 is 14.6 Å². The number of aromatic hydroxyl groups is 1. The summed E-state index contributed by atoms with van der Waals surface area (Å²) in [6.45, 7) is 2.95. The zero-order chi connectivity index (χ0) is 23.4. The normalized spacial score (nSPS) is 15.6. The predicted molar refractivity (Wildman–Crippen MR) is 125 cm³/mol. The molecule has 0 bridgehead atoms. The molecule has 0 saturated carbocycles. The van der Waals surface area contributed by atoms with Crippen LogP contribution < -0.4 is 16.0 Å². The fourth-order valence-electron chi connectivity index (χ4n) is 4.80. The van der Waals surface area contributed by atoms with E-state index < -0.39 is 11.8 Å². The molecule has 2 aromatic heterocycles. The highest BCUT2D eigenvalue weighted by molar-refractivity contribution is 5.96. The number of ether oxygens (including phenoxy) is 2. The molecule has 5 rings (SSSR count). The van der Waals surface area contributed by atoms with E-state index in [1.807, 2.05) is 37.3 Å². The quantitative estimate of drug-likeness (QED) is 0.522. The van der Waals surface area contributed by atoms with Crippen LogP contribution in [0.3, 0.4) is 0 Å². The number of nitrogens with zero attached hydrogens (tertiary/aromatic N) is 3. The third-order valence-corrected chi connectivity index (χ3v) is 6.35. The Hall–Kier alpha value is -3.78. The van der Waals surface area contributed by atoms with Crippen molar-refractivity contribution in [1.29, 1.82) is 0 Å². The van der Waals surface area contributed by atoms with Gasteiger partial charge in [0, 0.05) is 20.6 Å². The van der Waals surface area contributed by atoms with Gasteiger partial charge < -0.3 is 19.1 Å². The zero-order valence-corrected chi connectivity index (χ0v) is 19.0. The summed E-state index contributed by atoms with van der Waals surface area (Å²) in [5.74, 6) is 0.354. The summed E-state index contributed by atoms with van der Waals surface area (Å²) < 4.78 is 16.1. The number of fused-ring (bicyclic) bond motifs is 3. The number of aromatic nitrogens is 3. The Bertz CT molecular complexity index is 1530. The number of hydrogen-bond donors (Lipinski definition) is 1. The number of methoxy groups -OCH3 is 1. The summed E-state index contributed by atoms with van der Waals surface area (Å²) in [7, 11) is 4.66. The van der Waals surface area contributed by atoms with Gasteiger partial charge >= 0.3 is 5.69 Å². The zero-order valence-electron chi connectivity index (χ0n) is 19.0. The lowest BCUT2D eigenvalue weighted by molar-refractivity contribution is 0.0477. The summed E-state index contributed by atoms with van der Waals surface area (Å²) in [5.41, 5.74) is 3.96. The van der Waals surface area contributed by atoms with Crippen LogP contribution in [0.2, 0.25) is 0 Å². The molecule has 0 radical (unpaired) electrons. The first-order chi connectivity index (χ1) is 15.8. The molecule has 1 unspecified atom stereocenters. The molecule has 33 heavy (non-hydrogen) atoms. The lowest BCUT2D eigenvalue weighted by Gasteiger charge is -2.28. The van der Waals surface area contributed by atoms with Gasteiger partial charge in [-0.15, -0.1) is 0 Å². The molecule has 1 N–H and O–H groups in total. The number of rotatable bonds is 3. The van der Waals surface area contributed by atoms with E-state index in [9.17, 15) is 14.7 Å². The topological polar surface area (TPSA) is 87.6 Å². The van der Waals surface area contributed by atoms with Crippen molar-refractivity contribution in [2.45, 2.75) is 19.6 Å². The highest BCUT2D eigenvalue weighted by atomic mass is 16.5. The minimum Gasteiger partial charge on any atom is -0.504 e. The predicted octanol–water partition coefficient (Wildman–Crippen LogP) is 2.85. The number of aryl methyl sites for hydroxylation is 2. The van der Waals surface area contributed by atoms with Crippen molar-refractivity contribution in [2.24, 2.45) is 14.1 Å². The molecule has 1 aliphatic heterocycles. The van der Waals surface area contributed by atoms with Crippen LogP contribution in [0, 0.1) is 6.92 Å². The second-order valence-corrected chi connectivity index (χ2v) is 8.37. The number of phenols is 1. The first kappa shape index (κ1) is 21.1. The van der Waals surface area contributed by atoms with Gasteiger partial charge in [0.1, 0.15) is 6.10 Å². The molecule has 0 fully saturated rings. The molecular formula is C25H25N3O5. The van der Waals surface area contributed by atoms with Crippen molar-refractivity contribution >= 4 is 10.9 Å². The Balaban J connectivity index is 1.91. The number of benzene rings is 2. The van der Waals surface area contributed by atoms with Gasteiger partial charge in [0.15, 0.2) is 11.5 Å². The lowest BCUT2D eigenvalue weighted by Crippen LogP contribution is -2.37. The van der Waals surface area contributed by atoms with Crippen molar-refractivity contribution in [2.75, 3.05) is 13.7 Å². The molecule has 170 valence electrons. The standard InChI is InChI=1S/C25H25N3O5/c1-14-6-5-7-15(12-14)20-19-21(26(2)25(31)27(3)24(19)30)22-23(33-11-10-28(20)22)16-8-9-18(32-4)17(29)13-16/h5-9,12-13,23,29H,10-11H2,1-4H3. The van der Waals surface area contributed by atoms with Gasteiger partial charge in [0.05, 0.1) is 36.0 Å². The average Bonchev–Trinajstić information content (AvgIpc) is 3.17. The summed E-state index contributed by atoms with van der Waals surface area (Å²) >= 11 is 0. The number of phenolic OH excluding ortho intramolecular Hbond substituents is 1. The van der Waals surface area contributed by atoms with E-state index in [4.69, 9.17) is 9.47 Å². The van der Waals surface area contributed by atoms with Gasteiger partial charge in [-0.3, -0.25) is 13.9 Å². The highest BCUT2D eigenvalue weighted by Gasteiger charge is 2.33. The molecule has 2 aromatic carbocycles. The fraction of sp³-hybridized carbons (Fsp3) is 0.280. The maximum absolute atomic E-state index is 13.4. The maximum Gasteiger partial charge on any atom is 0.331 e. The van der Waals surface area contributed by atoms with Crippen LogP contribution in [0.4, 0.5) is 0 Å². The molecule has 8 heteroatoms. The monoisotopic (exact) mass is 447 g/mol. The molecule has 4 aromatic rings. The van der Waals surface area contributed by atoms with Crippen molar-refractivity contribution in [3.63, 3.8) is 0 Å². The molecule has 1 aliphatic rings. The average molecular weight is 447 g/mol. The van der Waals surface area contributed by atoms with E-state index in [1.54, 1.807) is 19.2 Å². The van der Waals surface area contributed by atoms with Gasteiger partial charge in [-0.1, -0.05) is 29.8 Å². The van der Waals surface area contributed by atoms with Crippen LogP contribution in [0.5, 0.6) is 11.5 Å². The lowest BCUT2D eigenvalue weighted by atomic mass is 10.0. The Morgan fingerprint density at radius 3 is 2.58 bits per heavy atom. The Kier molecular flexibility index (Phi) is 4.90. The molecular weight excluding hydrogens is 422 g/mol. The van der Waals surface area contributed by atoms with Crippen molar-refractivity contribution in [1.82, 2.24) is 13.7 Å². The molecule has 3 heterocycles. The van der Waals surface area contributed by atoms with E-state index in [-0.39, 0.29) is 11.3 Å². The van der Waals surface area contributed by atoms with Crippen LogP contribution in [-0.2, 0) is 25.4 Å². The van der Waals surface area contributed by atoms with Crippen LogP contribution >= 0.6 is 0 Å². The third kappa shape index (κ3) is 3.09. The minimum absolute atomic E-state index is 0.00436. The Labute approximate surface area is 189 Å². The molecule has 0 saturated heterocycles. The highest BCUT2D eigenvalue weighted by Crippen LogP contribution is 2.42. The fourth-order valence-corrected chi connectivity index (χ4v) is 4.80. The Morgan fingerprint density at radius 2 is 1.88 bits per heavy atom. The third-order valence-electron chi connectivity index (χ3n) is 6.35. The largest absolute Gasteiger partial charge is 0.504 e. The van der Waals surface area contributed by atoms with Gasteiger partial charge in [-0.05, 0) is 36.2 Å². The van der Waals surface area contributed by atoms with Gasteiger partial charge in [0.25, 0.3) is 5.56 Å². The first-order valence-electron chi connectivity index (χ1n) is 10.7. The number of hydrogen-bond acceptors (Lipinski definition) is 5. The van der Waals surface area contributed by atoms with E-state index >= 15 is 0 Å². The minimum atomic E-state index is -0.575. The molecule has 0 amide bonds. The van der Waals surface area contributed by atoms with Crippen molar-refractivity contribution in [3.8, 4) is 22.8 Å². The van der Waals surface area contributed by atoms with Gasteiger partial charge in [0.2, 0.25) is 0 Å². The van der Waals surface area contributed by atoms with Crippen LogP contribution in [0.15, 0.2) is 52.1 Å². The molecule has 1 atom stereocenters. The van der Waals surface area contributed by atoms with E-state index in [1.165, 1.54) is 18.7 Å². The summed E-state index contributed by atoms with van der Waals surface area (Å²) in [6.07, 6.45) is -0.575. The van der Waals surface area contributed by atoms with Gasteiger partial charge in [-0.2, -0.15) is 0 Å².